The molecule has 0 aromatic heterocycles. The molecule has 5 rings (SSSR count). The predicted molar refractivity (Wildman–Crippen MR) is 104 cm³/mol. The van der Waals surface area contributed by atoms with E-state index in [4.69, 9.17) is 11.6 Å². The topological polar surface area (TPSA) is 34.1 Å². The second-order valence-electron chi connectivity index (χ2n) is 7.56. The Morgan fingerprint density at radius 3 is 1.92 bits per heavy atom. The van der Waals surface area contributed by atoms with Crippen molar-refractivity contribution in [3.63, 3.8) is 0 Å². The van der Waals surface area contributed by atoms with Crippen molar-refractivity contribution in [2.75, 3.05) is 0 Å². The number of fused-ring (bicyclic) bond motifs is 4. The van der Waals surface area contributed by atoms with E-state index in [0.717, 1.165) is 54.4 Å². The lowest BCUT2D eigenvalue weighted by atomic mass is 9.82. The molecule has 0 atom stereocenters. The molecule has 0 amide bonds. The fraction of sp³-hybridized carbons (Fsp3) is 0.391. The van der Waals surface area contributed by atoms with Crippen LogP contribution in [0.3, 0.4) is 0 Å². The van der Waals surface area contributed by atoms with Crippen LogP contribution in [0.5, 0.6) is 0 Å². The van der Waals surface area contributed by atoms with Gasteiger partial charge in [0.05, 0.1) is 0 Å². The van der Waals surface area contributed by atoms with Crippen LogP contribution in [-0.4, -0.2) is 11.6 Å². The van der Waals surface area contributed by atoms with E-state index in [1.165, 1.54) is 0 Å². The van der Waals surface area contributed by atoms with Crippen molar-refractivity contribution in [1.82, 2.24) is 0 Å². The molecule has 3 aliphatic carbocycles. The number of ketones is 2. The summed E-state index contributed by atoms with van der Waals surface area (Å²) in [6, 6.07) is 13.9. The van der Waals surface area contributed by atoms with Crippen LogP contribution in [0.15, 0.2) is 42.5 Å². The standard InChI is InChI=1S/C23H23ClO2/c1-2-14-3-8-18(15-9-11-19(24)12-10-15)13-20(14)21-22(25)16-4-5-17(7-6-16)23(21)26/h3,8-13,16-17,21H,2,4-7H2,1H3. The van der Waals surface area contributed by atoms with E-state index < -0.39 is 5.92 Å². The van der Waals surface area contributed by atoms with Gasteiger partial charge in [0.1, 0.15) is 5.92 Å². The van der Waals surface area contributed by atoms with Crippen molar-refractivity contribution in [1.29, 1.82) is 0 Å². The maximum atomic E-state index is 13.1. The first kappa shape index (κ1) is 17.5. The average molecular weight is 367 g/mol. The van der Waals surface area contributed by atoms with Gasteiger partial charge in [-0.1, -0.05) is 42.8 Å². The van der Waals surface area contributed by atoms with Crippen molar-refractivity contribution in [3.8, 4) is 11.1 Å². The molecule has 0 aliphatic heterocycles. The lowest BCUT2D eigenvalue weighted by Gasteiger charge is -2.19. The molecule has 0 unspecified atom stereocenters. The first-order valence-electron chi connectivity index (χ1n) is 9.54. The van der Waals surface area contributed by atoms with Gasteiger partial charge in [-0.15, -0.1) is 0 Å². The van der Waals surface area contributed by atoms with E-state index in [1.54, 1.807) is 0 Å². The molecule has 26 heavy (non-hydrogen) atoms. The molecule has 0 spiro atoms. The number of rotatable bonds is 3. The quantitative estimate of drug-likeness (QED) is 0.661. The van der Waals surface area contributed by atoms with Crippen LogP contribution < -0.4 is 0 Å². The van der Waals surface area contributed by atoms with E-state index >= 15 is 0 Å². The number of carbonyl (C=O) groups is 2. The van der Waals surface area contributed by atoms with E-state index in [-0.39, 0.29) is 23.4 Å². The van der Waals surface area contributed by atoms with Gasteiger partial charge in [0, 0.05) is 16.9 Å². The summed E-state index contributed by atoms with van der Waals surface area (Å²) >= 11 is 6.01. The number of aryl methyl sites for hydroxylation is 1. The van der Waals surface area contributed by atoms with Crippen molar-refractivity contribution in [2.45, 2.75) is 44.9 Å². The first-order valence-corrected chi connectivity index (χ1v) is 9.92. The summed E-state index contributed by atoms with van der Waals surface area (Å²) in [5.41, 5.74) is 4.12. The minimum absolute atomic E-state index is 0.0617. The number of hydrogen-bond donors (Lipinski definition) is 0. The molecule has 3 aliphatic rings. The van der Waals surface area contributed by atoms with E-state index in [2.05, 4.69) is 25.1 Å². The van der Waals surface area contributed by atoms with Crippen LogP contribution in [0.1, 0.15) is 49.7 Å². The summed E-state index contributed by atoms with van der Waals surface area (Å²) in [6.07, 6.45) is 4.34. The summed E-state index contributed by atoms with van der Waals surface area (Å²) in [4.78, 5) is 26.3. The molecule has 3 heteroatoms. The first-order chi connectivity index (χ1) is 12.6. The normalized spacial score (nSPS) is 25.4. The molecule has 134 valence electrons. The molecular weight excluding hydrogens is 344 g/mol. The van der Waals surface area contributed by atoms with Crippen molar-refractivity contribution >= 4 is 23.2 Å². The maximum absolute atomic E-state index is 13.1. The minimum atomic E-state index is -0.572. The fourth-order valence-corrected chi connectivity index (χ4v) is 4.71. The largest absolute Gasteiger partial charge is 0.298 e. The maximum Gasteiger partial charge on any atom is 0.150 e. The fourth-order valence-electron chi connectivity index (χ4n) is 4.59. The second kappa shape index (κ2) is 7.00. The molecule has 2 aromatic rings. The van der Waals surface area contributed by atoms with Gasteiger partial charge in [0.2, 0.25) is 0 Å². The predicted octanol–water partition coefficient (Wildman–Crippen LogP) is 5.61. The Morgan fingerprint density at radius 1 is 0.846 bits per heavy atom. The highest BCUT2D eigenvalue weighted by atomic mass is 35.5. The Bertz CT molecular complexity index is 821. The van der Waals surface area contributed by atoms with E-state index in [9.17, 15) is 9.59 Å². The van der Waals surface area contributed by atoms with Gasteiger partial charge in [0.25, 0.3) is 0 Å². The number of carbonyl (C=O) groups excluding carboxylic acids is 2. The molecule has 0 radical (unpaired) electrons. The summed E-state index contributed by atoms with van der Waals surface area (Å²) < 4.78 is 0. The highest BCUT2D eigenvalue weighted by Gasteiger charge is 2.44. The van der Waals surface area contributed by atoms with Gasteiger partial charge >= 0.3 is 0 Å². The summed E-state index contributed by atoms with van der Waals surface area (Å²) in [5, 5.41) is 0.699. The number of Topliss-reactive ketones (excluding diaryl/α,β-unsaturated/α-hetero) is 2. The van der Waals surface area contributed by atoms with Gasteiger partial charge in [0.15, 0.2) is 11.6 Å². The van der Waals surface area contributed by atoms with Gasteiger partial charge in [-0.3, -0.25) is 9.59 Å². The van der Waals surface area contributed by atoms with Gasteiger partial charge in [-0.05, 0) is 72.6 Å². The molecule has 2 nitrogen and oxygen atoms in total. The monoisotopic (exact) mass is 366 g/mol. The van der Waals surface area contributed by atoms with Crippen LogP contribution in [-0.2, 0) is 16.0 Å². The number of benzene rings is 2. The van der Waals surface area contributed by atoms with Crippen LogP contribution >= 0.6 is 11.6 Å². The van der Waals surface area contributed by atoms with Crippen molar-refractivity contribution in [2.24, 2.45) is 11.8 Å². The van der Waals surface area contributed by atoms with Crippen LogP contribution in [0.2, 0.25) is 5.02 Å². The SMILES string of the molecule is CCc1ccc(-c2ccc(Cl)cc2)cc1C1C(=O)C2CCC(CC2)C1=O. The average Bonchev–Trinajstić information content (AvgIpc) is 2.86. The third-order valence-electron chi connectivity index (χ3n) is 6.12. The molecular formula is C23H23ClO2. The summed E-state index contributed by atoms with van der Waals surface area (Å²) in [5.74, 6) is -0.147. The molecule has 0 heterocycles. The highest BCUT2D eigenvalue weighted by Crippen LogP contribution is 2.42. The third kappa shape index (κ3) is 3.01. The molecule has 2 bridgehead atoms. The molecule has 2 aromatic carbocycles. The second-order valence-corrected chi connectivity index (χ2v) is 8.00. The van der Waals surface area contributed by atoms with Gasteiger partial charge in [-0.25, -0.2) is 0 Å². The lowest BCUT2D eigenvalue weighted by Crippen LogP contribution is -2.26. The Labute approximate surface area is 159 Å². The number of halogens is 1. The minimum Gasteiger partial charge on any atom is -0.298 e. The highest BCUT2D eigenvalue weighted by molar-refractivity contribution is 6.30. The smallest absolute Gasteiger partial charge is 0.150 e. The zero-order valence-corrected chi connectivity index (χ0v) is 15.8. The zero-order chi connectivity index (χ0) is 18.3. The van der Waals surface area contributed by atoms with Crippen LogP contribution in [0.4, 0.5) is 0 Å². The summed E-state index contributed by atoms with van der Waals surface area (Å²) in [6.45, 7) is 2.08. The number of hydrogen-bond acceptors (Lipinski definition) is 2. The van der Waals surface area contributed by atoms with Gasteiger partial charge < -0.3 is 0 Å². The Hall–Kier alpha value is -1.93. The zero-order valence-electron chi connectivity index (χ0n) is 15.0. The van der Waals surface area contributed by atoms with Crippen LogP contribution in [0.25, 0.3) is 11.1 Å². The third-order valence-corrected chi connectivity index (χ3v) is 6.37. The van der Waals surface area contributed by atoms with E-state index in [1.807, 2.05) is 24.3 Å². The summed E-state index contributed by atoms with van der Waals surface area (Å²) in [7, 11) is 0. The van der Waals surface area contributed by atoms with Crippen molar-refractivity contribution in [3.05, 3.63) is 58.6 Å². The Balaban J connectivity index is 1.81. The molecule has 3 fully saturated rings. The molecule has 3 saturated carbocycles. The lowest BCUT2D eigenvalue weighted by molar-refractivity contribution is -0.130. The molecule has 0 N–H and O–H groups in total. The Kier molecular flexibility index (Phi) is 4.71. The van der Waals surface area contributed by atoms with Crippen LogP contribution in [0, 0.1) is 11.8 Å². The Morgan fingerprint density at radius 2 is 1.38 bits per heavy atom. The van der Waals surface area contributed by atoms with Crippen molar-refractivity contribution < 1.29 is 9.59 Å². The van der Waals surface area contributed by atoms with Gasteiger partial charge in [-0.2, -0.15) is 0 Å². The van der Waals surface area contributed by atoms with E-state index in [0.29, 0.717) is 5.02 Å². The molecule has 0 saturated heterocycles.